The number of amides is 1. The lowest BCUT2D eigenvalue weighted by Crippen LogP contribution is -2.50. The first-order chi connectivity index (χ1) is 8.72. The van der Waals surface area contributed by atoms with Crippen molar-refractivity contribution in [2.45, 2.75) is 51.0 Å². The quantitative estimate of drug-likeness (QED) is 0.821. The molecule has 1 unspecified atom stereocenters. The van der Waals surface area contributed by atoms with Crippen LogP contribution >= 0.6 is 0 Å². The zero-order valence-electron chi connectivity index (χ0n) is 11.3. The molecule has 1 atom stereocenters. The molecule has 0 aromatic carbocycles. The summed E-state index contributed by atoms with van der Waals surface area (Å²) in [6.07, 6.45) is 7.56. The van der Waals surface area contributed by atoms with Crippen LogP contribution in [-0.2, 0) is 9.59 Å². The monoisotopic (exact) mass is 252 g/mol. The molecule has 0 aromatic rings. The van der Waals surface area contributed by atoms with Gasteiger partial charge in [-0.1, -0.05) is 19.3 Å². The van der Waals surface area contributed by atoms with Gasteiger partial charge in [-0.2, -0.15) is 0 Å². The molecule has 1 aliphatic heterocycles. The molecule has 1 saturated heterocycles. The van der Waals surface area contributed by atoms with Gasteiger partial charge in [0.05, 0.1) is 12.6 Å². The summed E-state index contributed by atoms with van der Waals surface area (Å²) >= 11 is 0. The van der Waals surface area contributed by atoms with Gasteiger partial charge in [0.2, 0.25) is 5.91 Å². The number of likely N-dealkylation sites (tertiary alicyclic amines) is 1. The fourth-order valence-corrected chi connectivity index (χ4v) is 3.22. The number of nitrogens with zero attached hydrogens (tertiary/aromatic N) is 1. The maximum absolute atomic E-state index is 12.2. The second kappa shape index (κ2) is 6.32. The number of piperidine rings is 1. The molecule has 1 saturated carbocycles. The minimum absolute atomic E-state index is 0.0638. The van der Waals surface area contributed by atoms with Gasteiger partial charge < -0.3 is 5.32 Å². The van der Waals surface area contributed by atoms with Gasteiger partial charge in [-0.25, -0.2) is 0 Å². The molecule has 4 nitrogen and oxygen atoms in total. The van der Waals surface area contributed by atoms with E-state index in [4.69, 9.17) is 0 Å². The molecule has 0 bridgehead atoms. The summed E-state index contributed by atoms with van der Waals surface area (Å²) in [5.41, 5.74) is 0. The Labute approximate surface area is 109 Å². The summed E-state index contributed by atoms with van der Waals surface area (Å²) in [5, 5.41) is 2.72. The van der Waals surface area contributed by atoms with Gasteiger partial charge in [0.1, 0.15) is 5.78 Å². The third-order valence-corrected chi connectivity index (χ3v) is 4.33. The summed E-state index contributed by atoms with van der Waals surface area (Å²) in [4.78, 5) is 26.1. The Kier molecular flexibility index (Phi) is 4.75. The number of nitrogens with one attached hydrogen (secondary N) is 1. The van der Waals surface area contributed by atoms with E-state index in [0.717, 1.165) is 38.6 Å². The van der Waals surface area contributed by atoms with Crippen molar-refractivity contribution in [3.63, 3.8) is 0 Å². The van der Waals surface area contributed by atoms with Gasteiger partial charge in [0, 0.05) is 13.0 Å². The van der Waals surface area contributed by atoms with Crippen molar-refractivity contribution in [1.29, 1.82) is 0 Å². The molecule has 0 radical (unpaired) electrons. The normalized spacial score (nSPS) is 26.2. The first-order valence-electron chi connectivity index (χ1n) is 7.20. The SMILES string of the molecule is CNC(=O)C1CCCCN1CC(=O)C1CCCC1. The highest BCUT2D eigenvalue weighted by Crippen LogP contribution is 2.26. The van der Waals surface area contributed by atoms with E-state index in [1.54, 1.807) is 7.05 Å². The van der Waals surface area contributed by atoms with Gasteiger partial charge in [0.25, 0.3) is 0 Å². The summed E-state index contributed by atoms with van der Waals surface area (Å²) in [6, 6.07) is -0.0888. The van der Waals surface area contributed by atoms with Gasteiger partial charge in [-0.15, -0.1) is 0 Å². The molecule has 2 rings (SSSR count). The summed E-state index contributed by atoms with van der Waals surface area (Å²) in [7, 11) is 1.67. The third kappa shape index (κ3) is 3.10. The molecule has 1 aliphatic carbocycles. The van der Waals surface area contributed by atoms with Crippen molar-refractivity contribution >= 4 is 11.7 Å². The Morgan fingerprint density at radius 1 is 1.11 bits per heavy atom. The maximum atomic E-state index is 12.2. The van der Waals surface area contributed by atoms with Crippen LogP contribution in [0.4, 0.5) is 0 Å². The maximum Gasteiger partial charge on any atom is 0.237 e. The number of Topliss-reactive ketones (excluding diaryl/α,β-unsaturated/α-hetero) is 1. The van der Waals surface area contributed by atoms with Crippen molar-refractivity contribution in [3.05, 3.63) is 0 Å². The number of carbonyl (C=O) groups is 2. The number of hydrogen-bond acceptors (Lipinski definition) is 3. The highest BCUT2D eigenvalue weighted by Gasteiger charge is 2.31. The fourth-order valence-electron chi connectivity index (χ4n) is 3.22. The molecule has 0 spiro atoms. The summed E-state index contributed by atoms with van der Waals surface area (Å²) in [6.45, 7) is 1.36. The van der Waals surface area contributed by atoms with E-state index >= 15 is 0 Å². The number of carbonyl (C=O) groups excluding carboxylic acids is 2. The Hall–Kier alpha value is -0.900. The molecule has 1 heterocycles. The van der Waals surface area contributed by atoms with Crippen LogP contribution < -0.4 is 5.32 Å². The molecular weight excluding hydrogens is 228 g/mol. The highest BCUT2D eigenvalue weighted by molar-refractivity contribution is 5.85. The lowest BCUT2D eigenvalue weighted by molar-refractivity contribution is -0.130. The van der Waals surface area contributed by atoms with Crippen molar-refractivity contribution in [1.82, 2.24) is 10.2 Å². The Morgan fingerprint density at radius 3 is 2.44 bits per heavy atom. The largest absolute Gasteiger partial charge is 0.358 e. The average Bonchev–Trinajstić information content (AvgIpc) is 2.92. The van der Waals surface area contributed by atoms with Crippen molar-refractivity contribution in [2.75, 3.05) is 20.1 Å². The van der Waals surface area contributed by atoms with Crippen LogP contribution in [0.15, 0.2) is 0 Å². The average molecular weight is 252 g/mol. The van der Waals surface area contributed by atoms with Crippen LogP contribution in [0.1, 0.15) is 44.9 Å². The first kappa shape index (κ1) is 13.5. The Morgan fingerprint density at radius 2 is 1.78 bits per heavy atom. The van der Waals surface area contributed by atoms with E-state index < -0.39 is 0 Å². The predicted molar refractivity (Wildman–Crippen MR) is 70.2 cm³/mol. The van der Waals surface area contributed by atoms with Gasteiger partial charge in [0.15, 0.2) is 0 Å². The molecular formula is C14H24N2O2. The summed E-state index contributed by atoms with van der Waals surface area (Å²) < 4.78 is 0. The number of hydrogen-bond donors (Lipinski definition) is 1. The van der Waals surface area contributed by atoms with E-state index in [-0.39, 0.29) is 17.9 Å². The number of rotatable bonds is 4. The van der Waals surface area contributed by atoms with Crippen LogP contribution in [0.3, 0.4) is 0 Å². The predicted octanol–water partition coefficient (Wildman–Crippen LogP) is 1.35. The van der Waals surface area contributed by atoms with E-state index in [2.05, 4.69) is 10.2 Å². The zero-order valence-corrected chi connectivity index (χ0v) is 11.3. The van der Waals surface area contributed by atoms with Gasteiger partial charge in [-0.05, 0) is 32.2 Å². The standard InChI is InChI=1S/C14H24N2O2/c1-15-14(18)12-8-4-5-9-16(12)10-13(17)11-6-2-3-7-11/h11-12H,2-10H2,1H3,(H,15,18). The van der Waals surface area contributed by atoms with Crippen LogP contribution in [0, 0.1) is 5.92 Å². The second-order valence-electron chi connectivity index (χ2n) is 5.54. The fraction of sp³-hybridized carbons (Fsp3) is 0.857. The molecule has 102 valence electrons. The minimum Gasteiger partial charge on any atom is -0.358 e. The first-order valence-corrected chi connectivity index (χ1v) is 7.20. The van der Waals surface area contributed by atoms with Crippen LogP contribution in [0.2, 0.25) is 0 Å². The van der Waals surface area contributed by atoms with E-state index in [1.807, 2.05) is 0 Å². The highest BCUT2D eigenvalue weighted by atomic mass is 16.2. The smallest absolute Gasteiger partial charge is 0.237 e. The Balaban J connectivity index is 1.92. The van der Waals surface area contributed by atoms with Crippen molar-refractivity contribution < 1.29 is 9.59 Å². The van der Waals surface area contributed by atoms with E-state index in [1.165, 1.54) is 12.8 Å². The molecule has 1 amide bonds. The number of ketones is 1. The third-order valence-electron chi connectivity index (χ3n) is 4.33. The van der Waals surface area contributed by atoms with E-state index in [0.29, 0.717) is 12.3 Å². The van der Waals surface area contributed by atoms with Crippen LogP contribution in [-0.4, -0.2) is 42.8 Å². The molecule has 2 aliphatic rings. The molecule has 0 aromatic heterocycles. The number of likely N-dealkylation sites (N-methyl/N-ethyl adjacent to an activating group) is 1. The van der Waals surface area contributed by atoms with Crippen molar-refractivity contribution in [2.24, 2.45) is 5.92 Å². The van der Waals surface area contributed by atoms with Crippen molar-refractivity contribution in [3.8, 4) is 0 Å². The van der Waals surface area contributed by atoms with Crippen LogP contribution in [0.25, 0.3) is 0 Å². The zero-order chi connectivity index (χ0) is 13.0. The van der Waals surface area contributed by atoms with E-state index in [9.17, 15) is 9.59 Å². The summed E-state index contributed by atoms with van der Waals surface area (Å²) in [5.74, 6) is 0.675. The van der Waals surface area contributed by atoms with Crippen LogP contribution in [0.5, 0.6) is 0 Å². The second-order valence-corrected chi connectivity index (χ2v) is 5.54. The Bertz CT molecular complexity index is 311. The minimum atomic E-state index is -0.0888. The molecule has 18 heavy (non-hydrogen) atoms. The van der Waals surface area contributed by atoms with Gasteiger partial charge in [-0.3, -0.25) is 14.5 Å². The lowest BCUT2D eigenvalue weighted by atomic mass is 9.97. The van der Waals surface area contributed by atoms with Gasteiger partial charge >= 0.3 is 0 Å². The lowest BCUT2D eigenvalue weighted by Gasteiger charge is -2.34. The molecule has 1 N–H and O–H groups in total. The topological polar surface area (TPSA) is 49.4 Å². The molecule has 2 fully saturated rings. The molecule has 4 heteroatoms.